The predicted molar refractivity (Wildman–Crippen MR) is 123 cm³/mol. The van der Waals surface area contributed by atoms with E-state index in [4.69, 9.17) is 8.85 Å². The van der Waals surface area contributed by atoms with Crippen molar-refractivity contribution in [3.05, 3.63) is 59.7 Å². The number of rotatable bonds is 12. The average molecular weight is 416 g/mol. The number of nitrogens with zero attached hydrogens (tertiary/aromatic N) is 1. The van der Waals surface area contributed by atoms with Crippen LogP contribution >= 0.6 is 0 Å². The molecule has 0 spiro atoms. The molecule has 4 nitrogen and oxygen atoms in total. The largest absolute Gasteiger partial charge is 0.494 e. The van der Waals surface area contributed by atoms with Gasteiger partial charge >= 0.3 is 0 Å². The maximum atomic E-state index is 12.6. The summed E-state index contributed by atoms with van der Waals surface area (Å²) in [6, 6.07) is 17.6. The van der Waals surface area contributed by atoms with Gasteiger partial charge in [-0.1, -0.05) is 13.8 Å². The van der Waals surface area contributed by atoms with Crippen molar-refractivity contribution in [2.75, 3.05) is 25.6 Å². The third kappa shape index (κ3) is 7.62. The smallest absolute Gasteiger partial charge is 0.193 e. The van der Waals surface area contributed by atoms with E-state index in [9.17, 15) is 4.79 Å². The van der Waals surface area contributed by atoms with Crippen LogP contribution in [-0.2, 0) is 4.12 Å². The summed E-state index contributed by atoms with van der Waals surface area (Å²) in [5.41, 5.74) is 2.46. The number of carbonyl (C=O) groups excluding carboxylic acids is 1. The van der Waals surface area contributed by atoms with E-state index in [1.54, 1.807) is 0 Å². The Morgan fingerprint density at radius 1 is 0.964 bits per heavy atom. The summed E-state index contributed by atoms with van der Waals surface area (Å²) in [6.07, 6.45) is 1.04. The van der Waals surface area contributed by atoms with Crippen molar-refractivity contribution in [1.29, 1.82) is 0 Å². The summed E-state index contributed by atoms with van der Waals surface area (Å²) in [5.74, 6) is 1.62. The highest BCUT2D eigenvalue weighted by molar-refractivity contribution is 6.42. The first kappa shape index (κ1) is 22.4. The van der Waals surface area contributed by atoms with Gasteiger partial charge in [0.15, 0.2) is 5.78 Å². The Balaban J connectivity index is 1.73. The second-order valence-electron chi connectivity index (χ2n) is 7.65. The fourth-order valence-electron chi connectivity index (χ4n) is 2.70. The molecule has 0 aliphatic heterocycles. The highest BCUT2D eigenvalue weighted by Gasteiger charge is 2.09. The molecule has 2 rings (SSSR count). The van der Waals surface area contributed by atoms with E-state index in [0.29, 0.717) is 17.7 Å². The van der Waals surface area contributed by atoms with Crippen molar-refractivity contribution in [3.63, 3.8) is 0 Å². The minimum absolute atomic E-state index is 0.0329. The Morgan fingerprint density at radius 3 is 2.14 bits per heavy atom. The van der Waals surface area contributed by atoms with Crippen molar-refractivity contribution >= 4 is 31.0 Å². The van der Waals surface area contributed by atoms with E-state index in [1.165, 1.54) is 12.1 Å². The van der Waals surface area contributed by atoms with Crippen LogP contribution in [0.15, 0.2) is 48.5 Å². The van der Waals surface area contributed by atoms with E-state index < -0.39 is 0 Å². The van der Waals surface area contributed by atoms with E-state index in [2.05, 4.69) is 13.8 Å². The zero-order chi connectivity index (χ0) is 20.4. The molecule has 0 aliphatic rings. The number of anilines is 1. The maximum Gasteiger partial charge on any atom is 0.193 e. The minimum atomic E-state index is -0.353. The Kier molecular flexibility index (Phi) is 9.47. The van der Waals surface area contributed by atoms with Gasteiger partial charge in [-0.15, -0.1) is 0 Å². The minimum Gasteiger partial charge on any atom is -0.494 e. The Morgan fingerprint density at radius 2 is 1.57 bits per heavy atom. The molecule has 0 saturated heterocycles. The SMILES string of the molecule is CC(C)C[SiH2]O[SiH2]CCCOc1ccc(C(=O)c2ccc(N(C)C)cc2)cc1. The van der Waals surface area contributed by atoms with Gasteiger partial charge in [0, 0.05) is 30.9 Å². The van der Waals surface area contributed by atoms with Crippen LogP contribution in [0, 0.1) is 5.92 Å². The standard InChI is InChI=1S/C22H33NO3Si2/c1-17(2)16-28-26-27-15-5-14-25-21-12-8-19(9-13-21)22(24)18-6-10-20(11-7-18)23(3)4/h6-13,17H,5,14-16,27-28H2,1-4H3. The van der Waals surface area contributed by atoms with E-state index in [0.717, 1.165) is 23.8 Å². The van der Waals surface area contributed by atoms with Crippen LogP contribution in [0.3, 0.4) is 0 Å². The van der Waals surface area contributed by atoms with E-state index >= 15 is 0 Å². The highest BCUT2D eigenvalue weighted by atomic mass is 28.3. The fraction of sp³-hybridized carbons (Fsp3) is 0.409. The zero-order valence-corrected chi connectivity index (χ0v) is 20.4. The molecule has 0 saturated carbocycles. The number of hydrogen-bond acceptors (Lipinski definition) is 4. The van der Waals surface area contributed by atoms with Gasteiger partial charge in [0.2, 0.25) is 0 Å². The van der Waals surface area contributed by atoms with Crippen molar-refractivity contribution in [2.45, 2.75) is 32.4 Å². The maximum absolute atomic E-state index is 12.6. The molecule has 0 fully saturated rings. The molecule has 0 heterocycles. The van der Waals surface area contributed by atoms with Gasteiger partial charge in [-0.05, 0) is 73.0 Å². The molecule has 152 valence electrons. The number of carbonyl (C=O) groups is 1. The average Bonchev–Trinajstić information content (AvgIpc) is 2.69. The molecule has 0 N–H and O–H groups in total. The van der Waals surface area contributed by atoms with Gasteiger partial charge in [0.25, 0.3) is 0 Å². The van der Waals surface area contributed by atoms with Crippen molar-refractivity contribution < 1.29 is 13.6 Å². The van der Waals surface area contributed by atoms with Crippen LogP contribution in [0.2, 0.25) is 12.1 Å². The molecular formula is C22H33NO3Si2. The lowest BCUT2D eigenvalue weighted by atomic mass is 10.0. The first-order valence-corrected chi connectivity index (χ1v) is 13.3. The molecule has 0 aliphatic carbocycles. The third-order valence-corrected chi connectivity index (χ3v) is 9.04. The monoisotopic (exact) mass is 415 g/mol. The molecule has 0 atom stereocenters. The first-order valence-electron chi connectivity index (χ1n) is 10.1. The number of hydrogen-bond donors (Lipinski definition) is 0. The molecule has 0 amide bonds. The van der Waals surface area contributed by atoms with Gasteiger partial charge < -0.3 is 13.8 Å². The molecule has 2 aromatic carbocycles. The van der Waals surface area contributed by atoms with Crippen LogP contribution in [-0.4, -0.2) is 46.0 Å². The Labute approximate surface area is 174 Å². The van der Waals surface area contributed by atoms with Crippen LogP contribution in [0.5, 0.6) is 5.75 Å². The van der Waals surface area contributed by atoms with Gasteiger partial charge in [-0.2, -0.15) is 0 Å². The summed E-state index contributed by atoms with van der Waals surface area (Å²) in [6.45, 7) is 5.22. The summed E-state index contributed by atoms with van der Waals surface area (Å²) in [5, 5.41) is 0. The number of ketones is 1. The molecule has 28 heavy (non-hydrogen) atoms. The van der Waals surface area contributed by atoms with Gasteiger partial charge in [0.05, 0.1) is 6.61 Å². The number of benzene rings is 2. The van der Waals surface area contributed by atoms with Gasteiger partial charge in [0.1, 0.15) is 25.3 Å². The normalized spacial score (nSPS) is 11.8. The quantitative estimate of drug-likeness (QED) is 0.302. The molecule has 0 unspecified atom stereocenters. The van der Waals surface area contributed by atoms with Crippen molar-refractivity contribution in [2.24, 2.45) is 5.92 Å². The summed E-state index contributed by atoms with van der Waals surface area (Å²) in [7, 11) is 3.34. The topological polar surface area (TPSA) is 38.8 Å². The Bertz CT molecular complexity index is 716. The third-order valence-electron chi connectivity index (χ3n) is 4.55. The molecule has 6 heteroatoms. The zero-order valence-electron chi connectivity index (χ0n) is 17.6. The van der Waals surface area contributed by atoms with Gasteiger partial charge in [-0.25, -0.2) is 0 Å². The summed E-state index contributed by atoms with van der Waals surface area (Å²) >= 11 is 0. The molecule has 0 radical (unpaired) electrons. The van der Waals surface area contributed by atoms with Crippen LogP contribution in [0.25, 0.3) is 0 Å². The van der Waals surface area contributed by atoms with Crippen LogP contribution in [0.4, 0.5) is 5.69 Å². The summed E-state index contributed by atoms with van der Waals surface area (Å²) in [4.78, 5) is 14.6. The van der Waals surface area contributed by atoms with E-state index in [1.807, 2.05) is 67.5 Å². The Hall–Kier alpha value is -1.90. The van der Waals surface area contributed by atoms with Crippen molar-refractivity contribution in [1.82, 2.24) is 0 Å². The molecule has 2 aromatic rings. The van der Waals surface area contributed by atoms with Crippen LogP contribution in [0.1, 0.15) is 36.2 Å². The van der Waals surface area contributed by atoms with Crippen molar-refractivity contribution in [3.8, 4) is 5.75 Å². The molecule has 0 bridgehead atoms. The first-order chi connectivity index (χ1) is 13.5. The molecular weight excluding hydrogens is 382 g/mol. The highest BCUT2D eigenvalue weighted by Crippen LogP contribution is 2.18. The summed E-state index contributed by atoms with van der Waals surface area (Å²) < 4.78 is 11.7. The number of ether oxygens (including phenoxy) is 1. The van der Waals surface area contributed by atoms with Gasteiger partial charge in [-0.3, -0.25) is 4.79 Å². The lowest BCUT2D eigenvalue weighted by molar-refractivity contribution is 0.103. The fourth-order valence-corrected chi connectivity index (χ4v) is 5.88. The lowest BCUT2D eigenvalue weighted by Crippen LogP contribution is -2.09. The predicted octanol–water partition coefficient (Wildman–Crippen LogP) is 3.43. The molecule has 0 aromatic heterocycles. The lowest BCUT2D eigenvalue weighted by Gasteiger charge is -2.12. The van der Waals surface area contributed by atoms with E-state index in [-0.39, 0.29) is 25.3 Å². The van der Waals surface area contributed by atoms with Crippen LogP contribution < -0.4 is 9.64 Å². The second kappa shape index (κ2) is 11.8. The second-order valence-corrected chi connectivity index (χ2v) is 11.4.